The SMILES string of the molecule is CCN(CC1CCC1)C1=CC(=O)CC1. The third-order valence-corrected chi connectivity index (χ3v) is 3.45. The Balaban J connectivity index is 1.91. The summed E-state index contributed by atoms with van der Waals surface area (Å²) in [7, 11) is 0. The third-order valence-electron chi connectivity index (χ3n) is 3.45. The Morgan fingerprint density at radius 3 is 2.64 bits per heavy atom. The lowest BCUT2D eigenvalue weighted by molar-refractivity contribution is -0.114. The summed E-state index contributed by atoms with van der Waals surface area (Å²) in [5.41, 5.74) is 1.28. The van der Waals surface area contributed by atoms with Gasteiger partial charge in [0.05, 0.1) is 0 Å². The van der Waals surface area contributed by atoms with Gasteiger partial charge in [-0.1, -0.05) is 6.42 Å². The minimum atomic E-state index is 0.312. The molecule has 0 radical (unpaired) electrons. The van der Waals surface area contributed by atoms with Crippen LogP contribution in [-0.4, -0.2) is 23.8 Å². The van der Waals surface area contributed by atoms with Crippen molar-refractivity contribution in [2.45, 2.75) is 39.0 Å². The number of carbonyl (C=O) groups is 1. The number of nitrogens with zero attached hydrogens (tertiary/aromatic N) is 1. The highest BCUT2D eigenvalue weighted by molar-refractivity contribution is 5.92. The molecule has 0 aliphatic heterocycles. The first-order chi connectivity index (χ1) is 6.79. The van der Waals surface area contributed by atoms with E-state index < -0.39 is 0 Å². The van der Waals surface area contributed by atoms with Crippen molar-refractivity contribution in [2.75, 3.05) is 13.1 Å². The molecule has 0 aromatic heterocycles. The van der Waals surface area contributed by atoms with E-state index >= 15 is 0 Å². The van der Waals surface area contributed by atoms with Gasteiger partial charge < -0.3 is 4.90 Å². The van der Waals surface area contributed by atoms with E-state index in [1.807, 2.05) is 6.08 Å². The molecule has 2 aliphatic carbocycles. The topological polar surface area (TPSA) is 20.3 Å². The smallest absolute Gasteiger partial charge is 0.157 e. The van der Waals surface area contributed by atoms with Crippen LogP contribution in [0.25, 0.3) is 0 Å². The summed E-state index contributed by atoms with van der Waals surface area (Å²) in [6.07, 6.45) is 7.73. The Bertz CT molecular complexity index is 253. The normalized spacial score (nSPS) is 22.1. The van der Waals surface area contributed by atoms with Gasteiger partial charge in [0.2, 0.25) is 0 Å². The summed E-state index contributed by atoms with van der Waals surface area (Å²) in [6.45, 7) is 4.41. The van der Waals surface area contributed by atoms with Crippen LogP contribution in [0.2, 0.25) is 0 Å². The van der Waals surface area contributed by atoms with Crippen LogP contribution >= 0.6 is 0 Å². The lowest BCUT2D eigenvalue weighted by Crippen LogP contribution is -2.31. The average molecular weight is 193 g/mol. The van der Waals surface area contributed by atoms with Crippen LogP contribution in [0.1, 0.15) is 39.0 Å². The highest BCUT2D eigenvalue weighted by Crippen LogP contribution is 2.29. The molecule has 0 aromatic rings. The molecule has 2 rings (SSSR count). The number of hydrogen-bond acceptors (Lipinski definition) is 2. The van der Waals surface area contributed by atoms with Gasteiger partial charge in [-0.05, 0) is 32.1 Å². The van der Waals surface area contributed by atoms with E-state index in [4.69, 9.17) is 0 Å². The van der Waals surface area contributed by atoms with E-state index in [-0.39, 0.29) is 0 Å². The van der Waals surface area contributed by atoms with Gasteiger partial charge in [0, 0.05) is 31.3 Å². The summed E-state index contributed by atoms with van der Waals surface area (Å²) >= 11 is 0. The van der Waals surface area contributed by atoms with E-state index in [0.717, 1.165) is 25.3 Å². The number of rotatable bonds is 4. The zero-order chi connectivity index (χ0) is 9.97. The van der Waals surface area contributed by atoms with Gasteiger partial charge in [-0.3, -0.25) is 4.79 Å². The molecule has 2 heteroatoms. The van der Waals surface area contributed by atoms with Crippen LogP contribution in [0.5, 0.6) is 0 Å². The summed E-state index contributed by atoms with van der Waals surface area (Å²) in [5, 5.41) is 0. The lowest BCUT2D eigenvalue weighted by atomic mass is 9.85. The Kier molecular flexibility index (Phi) is 2.90. The molecule has 78 valence electrons. The lowest BCUT2D eigenvalue weighted by Gasteiger charge is -2.33. The summed E-state index contributed by atoms with van der Waals surface area (Å²) in [5.74, 6) is 1.21. The number of ketones is 1. The molecule has 0 aromatic carbocycles. The van der Waals surface area contributed by atoms with Crippen LogP contribution in [0.15, 0.2) is 11.8 Å². The monoisotopic (exact) mass is 193 g/mol. The van der Waals surface area contributed by atoms with Crippen molar-refractivity contribution in [1.82, 2.24) is 4.90 Å². The van der Waals surface area contributed by atoms with E-state index in [9.17, 15) is 4.79 Å². The average Bonchev–Trinajstić information content (AvgIpc) is 2.50. The molecule has 1 fully saturated rings. The molecule has 0 amide bonds. The minimum Gasteiger partial charge on any atom is -0.375 e. The Labute approximate surface area is 86.0 Å². The van der Waals surface area contributed by atoms with Crippen LogP contribution < -0.4 is 0 Å². The first-order valence-corrected chi connectivity index (χ1v) is 5.78. The second kappa shape index (κ2) is 4.16. The second-order valence-corrected chi connectivity index (χ2v) is 4.44. The molecule has 2 aliphatic rings. The molecule has 0 unspecified atom stereocenters. The summed E-state index contributed by atoms with van der Waals surface area (Å²) < 4.78 is 0. The van der Waals surface area contributed by atoms with Gasteiger partial charge in [0.15, 0.2) is 5.78 Å². The van der Waals surface area contributed by atoms with Gasteiger partial charge in [-0.15, -0.1) is 0 Å². The number of carbonyl (C=O) groups excluding carboxylic acids is 1. The van der Waals surface area contributed by atoms with E-state index in [1.54, 1.807) is 0 Å². The number of hydrogen-bond donors (Lipinski definition) is 0. The quantitative estimate of drug-likeness (QED) is 0.683. The highest BCUT2D eigenvalue weighted by atomic mass is 16.1. The first-order valence-electron chi connectivity index (χ1n) is 5.78. The van der Waals surface area contributed by atoms with Crippen LogP contribution in [0.4, 0.5) is 0 Å². The van der Waals surface area contributed by atoms with E-state index in [2.05, 4.69) is 11.8 Å². The minimum absolute atomic E-state index is 0.312. The van der Waals surface area contributed by atoms with Gasteiger partial charge in [0.25, 0.3) is 0 Å². The van der Waals surface area contributed by atoms with E-state index in [1.165, 1.54) is 31.5 Å². The molecule has 0 spiro atoms. The van der Waals surface area contributed by atoms with Crippen molar-refractivity contribution in [3.05, 3.63) is 11.8 Å². The van der Waals surface area contributed by atoms with E-state index in [0.29, 0.717) is 5.78 Å². The fourth-order valence-corrected chi connectivity index (χ4v) is 2.27. The van der Waals surface area contributed by atoms with Gasteiger partial charge in [0.1, 0.15) is 0 Å². The van der Waals surface area contributed by atoms with Crippen molar-refractivity contribution in [3.63, 3.8) is 0 Å². The third kappa shape index (κ3) is 1.99. The Morgan fingerprint density at radius 1 is 1.43 bits per heavy atom. The zero-order valence-corrected chi connectivity index (χ0v) is 8.96. The van der Waals surface area contributed by atoms with Crippen LogP contribution in [0.3, 0.4) is 0 Å². The molecular formula is C12H19NO. The van der Waals surface area contributed by atoms with Gasteiger partial charge in [-0.25, -0.2) is 0 Å². The molecule has 0 bridgehead atoms. The predicted molar refractivity (Wildman–Crippen MR) is 56.9 cm³/mol. The molecule has 0 N–H and O–H groups in total. The van der Waals surface area contributed by atoms with Crippen molar-refractivity contribution in [1.29, 1.82) is 0 Å². The maximum atomic E-state index is 11.1. The molecule has 2 nitrogen and oxygen atoms in total. The van der Waals surface area contributed by atoms with Crippen molar-refractivity contribution >= 4 is 5.78 Å². The molecular weight excluding hydrogens is 174 g/mol. The van der Waals surface area contributed by atoms with Crippen molar-refractivity contribution in [3.8, 4) is 0 Å². The standard InChI is InChI=1S/C12H19NO/c1-2-13(9-10-4-3-5-10)11-6-7-12(14)8-11/h8,10H,2-7,9H2,1H3. The van der Waals surface area contributed by atoms with Crippen molar-refractivity contribution < 1.29 is 4.79 Å². The van der Waals surface area contributed by atoms with Gasteiger partial charge in [-0.2, -0.15) is 0 Å². The summed E-state index contributed by atoms with van der Waals surface area (Å²) in [4.78, 5) is 13.5. The highest BCUT2D eigenvalue weighted by Gasteiger charge is 2.23. The molecule has 0 atom stereocenters. The Hall–Kier alpha value is -0.790. The second-order valence-electron chi connectivity index (χ2n) is 4.44. The summed E-state index contributed by atoms with van der Waals surface area (Å²) in [6, 6.07) is 0. The predicted octanol–water partition coefficient (Wildman–Crippen LogP) is 2.36. The molecule has 1 saturated carbocycles. The molecule has 14 heavy (non-hydrogen) atoms. The van der Waals surface area contributed by atoms with Crippen LogP contribution in [-0.2, 0) is 4.79 Å². The molecule has 0 saturated heterocycles. The molecule has 0 heterocycles. The fourth-order valence-electron chi connectivity index (χ4n) is 2.27. The van der Waals surface area contributed by atoms with Crippen LogP contribution in [0, 0.1) is 5.92 Å². The van der Waals surface area contributed by atoms with Crippen molar-refractivity contribution in [2.24, 2.45) is 5.92 Å². The zero-order valence-electron chi connectivity index (χ0n) is 8.96. The largest absolute Gasteiger partial charge is 0.375 e. The first kappa shape index (κ1) is 9.75. The maximum absolute atomic E-state index is 11.1. The maximum Gasteiger partial charge on any atom is 0.157 e. The fraction of sp³-hybridized carbons (Fsp3) is 0.750. The Morgan fingerprint density at radius 2 is 2.21 bits per heavy atom. The number of allylic oxidation sites excluding steroid dienone is 2. The van der Waals surface area contributed by atoms with Gasteiger partial charge >= 0.3 is 0 Å².